The van der Waals surface area contributed by atoms with Gasteiger partial charge in [0.25, 0.3) is 0 Å². The molecule has 1 unspecified atom stereocenters. The highest BCUT2D eigenvalue weighted by molar-refractivity contribution is 5.81. The van der Waals surface area contributed by atoms with Gasteiger partial charge in [-0.15, -0.1) is 0 Å². The number of carbonyl (C=O) groups is 1. The van der Waals surface area contributed by atoms with E-state index in [0.29, 0.717) is 6.54 Å². The summed E-state index contributed by atoms with van der Waals surface area (Å²) in [4.78, 5) is 13.8. The standard InChI is InChI=1S/C12H24N2O2/c1-3-6-11(13)12(15)14(4-2)9-10-7-5-8-16-10/h10-11H,3-9,13H2,1-2H3/t10?,11-/m1/s1. The molecule has 0 aliphatic carbocycles. The van der Waals surface area contributed by atoms with Crippen molar-refractivity contribution in [1.29, 1.82) is 0 Å². The van der Waals surface area contributed by atoms with Crippen LogP contribution in [0.25, 0.3) is 0 Å². The fourth-order valence-electron chi connectivity index (χ4n) is 2.08. The predicted molar refractivity (Wildman–Crippen MR) is 64.1 cm³/mol. The number of hydrogen-bond acceptors (Lipinski definition) is 3. The molecule has 1 aliphatic rings. The van der Waals surface area contributed by atoms with Crippen molar-refractivity contribution in [1.82, 2.24) is 4.90 Å². The van der Waals surface area contributed by atoms with E-state index in [4.69, 9.17) is 10.5 Å². The third-order valence-electron chi connectivity index (χ3n) is 3.06. The zero-order valence-corrected chi connectivity index (χ0v) is 10.4. The van der Waals surface area contributed by atoms with Crippen molar-refractivity contribution in [3.05, 3.63) is 0 Å². The topological polar surface area (TPSA) is 55.6 Å². The Bertz CT molecular complexity index is 215. The van der Waals surface area contributed by atoms with Crippen molar-refractivity contribution in [3.63, 3.8) is 0 Å². The van der Waals surface area contributed by atoms with Crippen LogP contribution in [0.3, 0.4) is 0 Å². The van der Waals surface area contributed by atoms with Gasteiger partial charge in [-0.3, -0.25) is 4.79 Å². The molecule has 2 atom stereocenters. The second kappa shape index (κ2) is 6.86. The molecule has 1 rings (SSSR count). The summed E-state index contributed by atoms with van der Waals surface area (Å²) in [7, 11) is 0. The van der Waals surface area contributed by atoms with Gasteiger partial charge in [-0.25, -0.2) is 0 Å². The molecule has 1 aliphatic heterocycles. The highest BCUT2D eigenvalue weighted by atomic mass is 16.5. The molecule has 0 aromatic heterocycles. The van der Waals surface area contributed by atoms with Crippen molar-refractivity contribution in [3.8, 4) is 0 Å². The fourth-order valence-corrected chi connectivity index (χ4v) is 2.08. The maximum atomic E-state index is 12.0. The van der Waals surface area contributed by atoms with E-state index < -0.39 is 0 Å². The summed E-state index contributed by atoms with van der Waals surface area (Å²) in [6.07, 6.45) is 4.10. The van der Waals surface area contributed by atoms with Crippen LogP contribution in [0.1, 0.15) is 39.5 Å². The van der Waals surface area contributed by atoms with Gasteiger partial charge >= 0.3 is 0 Å². The maximum Gasteiger partial charge on any atom is 0.239 e. The van der Waals surface area contributed by atoms with E-state index in [1.807, 2.05) is 18.7 Å². The minimum absolute atomic E-state index is 0.0693. The van der Waals surface area contributed by atoms with Crippen LogP contribution >= 0.6 is 0 Å². The quantitative estimate of drug-likeness (QED) is 0.741. The molecule has 16 heavy (non-hydrogen) atoms. The Morgan fingerprint density at radius 3 is 2.81 bits per heavy atom. The molecule has 1 fully saturated rings. The molecule has 4 nitrogen and oxygen atoms in total. The first-order valence-electron chi connectivity index (χ1n) is 6.35. The number of carbonyl (C=O) groups excluding carboxylic acids is 1. The largest absolute Gasteiger partial charge is 0.376 e. The third kappa shape index (κ3) is 3.76. The average Bonchev–Trinajstić information content (AvgIpc) is 2.78. The van der Waals surface area contributed by atoms with Crippen molar-refractivity contribution in [2.24, 2.45) is 5.73 Å². The van der Waals surface area contributed by atoms with Gasteiger partial charge in [0, 0.05) is 19.7 Å². The summed E-state index contributed by atoms with van der Waals surface area (Å²) in [6.45, 7) is 6.29. The van der Waals surface area contributed by atoms with Gasteiger partial charge in [0.2, 0.25) is 5.91 Å². The van der Waals surface area contributed by atoms with E-state index in [1.165, 1.54) is 0 Å². The summed E-state index contributed by atoms with van der Waals surface area (Å²) >= 11 is 0. The fraction of sp³-hybridized carbons (Fsp3) is 0.917. The van der Waals surface area contributed by atoms with E-state index in [-0.39, 0.29) is 18.1 Å². The molecule has 1 saturated heterocycles. The lowest BCUT2D eigenvalue weighted by Crippen LogP contribution is -2.46. The van der Waals surface area contributed by atoms with Crippen LogP contribution in [0.2, 0.25) is 0 Å². The molecule has 0 bridgehead atoms. The van der Waals surface area contributed by atoms with Crippen molar-refractivity contribution in [2.75, 3.05) is 19.7 Å². The van der Waals surface area contributed by atoms with Gasteiger partial charge in [0.15, 0.2) is 0 Å². The number of nitrogens with two attached hydrogens (primary N) is 1. The van der Waals surface area contributed by atoms with Crippen LogP contribution in [0.4, 0.5) is 0 Å². The molecular formula is C12H24N2O2. The van der Waals surface area contributed by atoms with Gasteiger partial charge in [-0.05, 0) is 26.2 Å². The van der Waals surface area contributed by atoms with Crippen LogP contribution in [0, 0.1) is 0 Å². The second-order valence-corrected chi connectivity index (χ2v) is 4.41. The number of hydrogen-bond donors (Lipinski definition) is 1. The first-order valence-corrected chi connectivity index (χ1v) is 6.35. The zero-order valence-electron chi connectivity index (χ0n) is 10.4. The molecule has 0 radical (unpaired) electrons. The van der Waals surface area contributed by atoms with Crippen LogP contribution < -0.4 is 5.73 Å². The normalized spacial score (nSPS) is 22.1. The van der Waals surface area contributed by atoms with Crippen LogP contribution in [0.15, 0.2) is 0 Å². The molecule has 0 aromatic rings. The monoisotopic (exact) mass is 228 g/mol. The van der Waals surface area contributed by atoms with E-state index in [0.717, 1.165) is 38.8 Å². The first-order chi connectivity index (χ1) is 7.69. The average molecular weight is 228 g/mol. The summed E-state index contributed by atoms with van der Waals surface area (Å²) in [6, 6.07) is -0.341. The lowest BCUT2D eigenvalue weighted by atomic mass is 10.1. The molecule has 0 saturated carbocycles. The smallest absolute Gasteiger partial charge is 0.239 e. The van der Waals surface area contributed by atoms with Gasteiger partial charge in [-0.2, -0.15) is 0 Å². The Morgan fingerprint density at radius 2 is 2.31 bits per heavy atom. The third-order valence-corrected chi connectivity index (χ3v) is 3.06. The first kappa shape index (κ1) is 13.5. The van der Waals surface area contributed by atoms with E-state index in [1.54, 1.807) is 0 Å². The minimum atomic E-state index is -0.341. The molecule has 2 N–H and O–H groups in total. The molecule has 0 aromatic carbocycles. The lowest BCUT2D eigenvalue weighted by Gasteiger charge is -2.26. The molecule has 0 spiro atoms. The van der Waals surface area contributed by atoms with Gasteiger partial charge in [0.1, 0.15) is 0 Å². The van der Waals surface area contributed by atoms with Gasteiger partial charge in [-0.1, -0.05) is 13.3 Å². The van der Waals surface area contributed by atoms with Crippen molar-refractivity contribution in [2.45, 2.75) is 51.7 Å². The van der Waals surface area contributed by atoms with Crippen molar-refractivity contribution < 1.29 is 9.53 Å². The summed E-state index contributed by atoms with van der Waals surface area (Å²) in [5, 5.41) is 0. The molecule has 1 amide bonds. The predicted octanol–water partition coefficient (Wildman–Crippen LogP) is 1.14. The van der Waals surface area contributed by atoms with Gasteiger partial charge < -0.3 is 15.4 Å². The molecule has 4 heteroatoms. The molecule has 94 valence electrons. The van der Waals surface area contributed by atoms with E-state index in [9.17, 15) is 4.79 Å². The maximum absolute atomic E-state index is 12.0. The summed E-state index contributed by atoms with van der Waals surface area (Å²) in [5.74, 6) is 0.0693. The molecule has 1 heterocycles. The zero-order chi connectivity index (χ0) is 12.0. The van der Waals surface area contributed by atoms with Crippen LogP contribution in [-0.4, -0.2) is 42.6 Å². The Balaban J connectivity index is 2.42. The Hall–Kier alpha value is -0.610. The minimum Gasteiger partial charge on any atom is -0.376 e. The second-order valence-electron chi connectivity index (χ2n) is 4.41. The van der Waals surface area contributed by atoms with Crippen molar-refractivity contribution >= 4 is 5.91 Å². The van der Waals surface area contributed by atoms with Crippen LogP contribution in [-0.2, 0) is 9.53 Å². The Morgan fingerprint density at radius 1 is 1.56 bits per heavy atom. The number of nitrogens with zero attached hydrogens (tertiary/aromatic N) is 1. The summed E-state index contributed by atoms with van der Waals surface area (Å²) in [5.41, 5.74) is 5.85. The number of rotatable bonds is 6. The number of likely N-dealkylation sites (N-methyl/N-ethyl adjacent to an activating group) is 1. The Labute approximate surface area is 98.1 Å². The Kier molecular flexibility index (Phi) is 5.77. The van der Waals surface area contributed by atoms with E-state index >= 15 is 0 Å². The highest BCUT2D eigenvalue weighted by Crippen LogP contribution is 2.14. The van der Waals surface area contributed by atoms with E-state index in [2.05, 4.69) is 0 Å². The number of amides is 1. The lowest BCUT2D eigenvalue weighted by molar-refractivity contribution is -0.134. The number of ether oxygens (including phenoxy) is 1. The SMILES string of the molecule is CCC[C@@H](N)C(=O)N(CC)CC1CCCO1. The van der Waals surface area contributed by atoms with Gasteiger partial charge in [0.05, 0.1) is 12.1 Å². The highest BCUT2D eigenvalue weighted by Gasteiger charge is 2.24. The summed E-state index contributed by atoms with van der Waals surface area (Å²) < 4.78 is 5.54. The molecular weight excluding hydrogens is 204 g/mol. The van der Waals surface area contributed by atoms with Crippen LogP contribution in [0.5, 0.6) is 0 Å².